The molecule has 0 bridgehead atoms. The number of thiophene rings is 2. The molecule has 4 aromatic rings. The van der Waals surface area contributed by atoms with Crippen LogP contribution in [-0.4, -0.2) is 15.1 Å². The highest BCUT2D eigenvalue weighted by Gasteiger charge is 2.20. The number of hydrogen-bond donors (Lipinski definition) is 1. The van der Waals surface area contributed by atoms with E-state index in [-0.39, 0.29) is 0 Å². The van der Waals surface area contributed by atoms with Crippen molar-refractivity contribution in [2.75, 3.05) is 5.73 Å². The topological polar surface area (TPSA) is 77.8 Å². The lowest BCUT2D eigenvalue weighted by atomic mass is 10.1. The molecule has 110 valence electrons. The summed E-state index contributed by atoms with van der Waals surface area (Å²) in [6.45, 7) is 4.01. The van der Waals surface area contributed by atoms with Gasteiger partial charge in [0.15, 0.2) is 0 Å². The molecule has 0 aromatic carbocycles. The second-order valence-corrected chi connectivity index (χ2v) is 6.95. The molecule has 7 heteroatoms. The maximum Gasteiger partial charge on any atom is 0.270 e. The van der Waals surface area contributed by atoms with Gasteiger partial charge < -0.3 is 10.3 Å². The van der Waals surface area contributed by atoms with E-state index < -0.39 is 0 Å². The van der Waals surface area contributed by atoms with Crippen LogP contribution in [-0.2, 0) is 0 Å². The Hall–Kier alpha value is -2.25. The van der Waals surface area contributed by atoms with E-state index in [4.69, 9.17) is 10.3 Å². The molecule has 5 nitrogen and oxygen atoms in total. The zero-order valence-electron chi connectivity index (χ0n) is 12.0. The van der Waals surface area contributed by atoms with Gasteiger partial charge >= 0.3 is 0 Å². The number of nitrogen functional groups attached to an aromatic ring is 1. The van der Waals surface area contributed by atoms with Crippen LogP contribution in [0.25, 0.3) is 31.7 Å². The van der Waals surface area contributed by atoms with Crippen LogP contribution in [0.4, 0.5) is 5.69 Å². The fourth-order valence-electron chi connectivity index (χ4n) is 2.45. The number of hydrogen-bond acceptors (Lipinski definition) is 7. The number of rotatable bonds is 2. The highest BCUT2D eigenvalue weighted by Crippen LogP contribution is 2.41. The van der Waals surface area contributed by atoms with Crippen molar-refractivity contribution in [2.24, 2.45) is 0 Å². The van der Waals surface area contributed by atoms with E-state index in [2.05, 4.69) is 15.1 Å². The minimum atomic E-state index is 0.445. The van der Waals surface area contributed by atoms with Crippen molar-refractivity contribution >= 4 is 38.6 Å². The summed E-state index contributed by atoms with van der Waals surface area (Å²) in [7, 11) is 0. The second-order valence-electron chi connectivity index (χ2n) is 5.01. The Labute approximate surface area is 134 Å². The van der Waals surface area contributed by atoms with E-state index in [1.165, 1.54) is 11.3 Å². The zero-order valence-corrected chi connectivity index (χ0v) is 13.6. The van der Waals surface area contributed by atoms with Gasteiger partial charge in [0.25, 0.3) is 5.89 Å². The van der Waals surface area contributed by atoms with Gasteiger partial charge in [-0.25, -0.2) is 4.98 Å². The first-order chi connectivity index (χ1) is 10.6. The molecule has 0 spiro atoms. The van der Waals surface area contributed by atoms with Gasteiger partial charge in [-0.05, 0) is 36.9 Å². The third-order valence-electron chi connectivity index (χ3n) is 3.39. The maximum atomic E-state index is 6.30. The van der Waals surface area contributed by atoms with E-state index in [1.54, 1.807) is 11.3 Å². The molecule has 22 heavy (non-hydrogen) atoms. The van der Waals surface area contributed by atoms with Gasteiger partial charge in [-0.2, -0.15) is 4.98 Å². The van der Waals surface area contributed by atoms with Crippen molar-refractivity contribution in [3.63, 3.8) is 0 Å². The normalized spacial score (nSPS) is 11.4. The van der Waals surface area contributed by atoms with Gasteiger partial charge in [-0.15, -0.1) is 22.7 Å². The van der Waals surface area contributed by atoms with Crippen LogP contribution in [0.2, 0.25) is 0 Å². The van der Waals surface area contributed by atoms with Crippen LogP contribution < -0.4 is 5.73 Å². The fourth-order valence-corrected chi connectivity index (χ4v) is 4.24. The molecule has 4 heterocycles. The summed E-state index contributed by atoms with van der Waals surface area (Å²) in [6, 6.07) is 5.95. The summed E-state index contributed by atoms with van der Waals surface area (Å²) in [6.07, 6.45) is 0. The summed E-state index contributed by atoms with van der Waals surface area (Å²) in [5, 5.41) is 7.00. The van der Waals surface area contributed by atoms with Crippen LogP contribution in [0.5, 0.6) is 0 Å². The Morgan fingerprint density at radius 2 is 2.09 bits per heavy atom. The van der Waals surface area contributed by atoms with E-state index in [0.29, 0.717) is 17.4 Å². The van der Waals surface area contributed by atoms with Gasteiger partial charge in [0, 0.05) is 11.1 Å². The van der Waals surface area contributed by atoms with E-state index in [1.807, 2.05) is 37.4 Å². The molecular formula is C15H12N4OS2. The smallest absolute Gasteiger partial charge is 0.270 e. The van der Waals surface area contributed by atoms with Crippen molar-refractivity contribution in [2.45, 2.75) is 13.8 Å². The number of aryl methyl sites for hydroxylation is 2. The summed E-state index contributed by atoms with van der Waals surface area (Å²) in [4.78, 5) is 11.7. The summed E-state index contributed by atoms with van der Waals surface area (Å²) < 4.78 is 5.40. The molecule has 0 fully saturated rings. The molecule has 0 saturated carbocycles. The van der Waals surface area contributed by atoms with Crippen LogP contribution in [0.15, 0.2) is 28.1 Å². The summed E-state index contributed by atoms with van der Waals surface area (Å²) in [5.74, 6) is 1.03. The molecule has 4 rings (SSSR count). The quantitative estimate of drug-likeness (QED) is 0.594. The van der Waals surface area contributed by atoms with Gasteiger partial charge in [-0.1, -0.05) is 11.2 Å². The highest BCUT2D eigenvalue weighted by molar-refractivity contribution is 7.22. The van der Waals surface area contributed by atoms with Crippen molar-refractivity contribution < 1.29 is 4.52 Å². The first-order valence-corrected chi connectivity index (χ1v) is 8.37. The first-order valence-electron chi connectivity index (χ1n) is 6.67. The van der Waals surface area contributed by atoms with Crippen LogP contribution >= 0.6 is 22.7 Å². The summed E-state index contributed by atoms with van der Waals surface area (Å²) >= 11 is 3.06. The molecule has 2 N–H and O–H groups in total. The minimum absolute atomic E-state index is 0.445. The third-order valence-corrected chi connectivity index (χ3v) is 5.34. The largest absolute Gasteiger partial charge is 0.397 e. The van der Waals surface area contributed by atoms with E-state index in [9.17, 15) is 0 Å². The Bertz CT molecular complexity index is 969. The van der Waals surface area contributed by atoms with Gasteiger partial charge in [0.2, 0.25) is 5.82 Å². The molecule has 0 radical (unpaired) electrons. The van der Waals surface area contributed by atoms with Crippen LogP contribution in [0.3, 0.4) is 0 Å². The molecule has 4 aromatic heterocycles. The predicted octanol–water partition coefficient (Wildman–Crippen LogP) is 4.27. The zero-order chi connectivity index (χ0) is 15.3. The molecule has 0 aliphatic carbocycles. The first kappa shape index (κ1) is 13.4. The summed E-state index contributed by atoms with van der Waals surface area (Å²) in [5.41, 5.74) is 9.04. The van der Waals surface area contributed by atoms with Crippen LogP contribution in [0, 0.1) is 13.8 Å². The Morgan fingerprint density at radius 1 is 1.23 bits per heavy atom. The SMILES string of the molecule is Cc1cc(C)c2c(N)c(-c3nc(-c4cccs4)no3)sc2n1. The van der Waals surface area contributed by atoms with Crippen molar-refractivity contribution in [1.82, 2.24) is 15.1 Å². The number of aromatic nitrogens is 3. The Morgan fingerprint density at radius 3 is 2.86 bits per heavy atom. The molecule has 0 aliphatic heterocycles. The number of fused-ring (bicyclic) bond motifs is 1. The number of anilines is 1. The average Bonchev–Trinajstić information content (AvgIpc) is 3.16. The number of nitrogens with zero attached hydrogens (tertiary/aromatic N) is 3. The van der Waals surface area contributed by atoms with Crippen molar-refractivity contribution in [3.05, 3.63) is 34.8 Å². The van der Waals surface area contributed by atoms with Crippen LogP contribution in [0.1, 0.15) is 11.3 Å². The van der Waals surface area contributed by atoms with Gasteiger partial charge in [-0.3, -0.25) is 0 Å². The van der Waals surface area contributed by atoms with Gasteiger partial charge in [0.1, 0.15) is 9.71 Å². The monoisotopic (exact) mass is 328 g/mol. The lowest BCUT2D eigenvalue weighted by Gasteiger charge is -1.99. The van der Waals surface area contributed by atoms with Crippen molar-refractivity contribution in [1.29, 1.82) is 0 Å². The minimum Gasteiger partial charge on any atom is -0.397 e. The molecular weight excluding hydrogens is 316 g/mol. The Kier molecular flexibility index (Phi) is 2.98. The third kappa shape index (κ3) is 2.01. The molecule has 0 atom stereocenters. The highest BCUT2D eigenvalue weighted by atomic mass is 32.1. The Balaban J connectivity index is 1.88. The van der Waals surface area contributed by atoms with E-state index >= 15 is 0 Å². The molecule has 0 unspecified atom stereocenters. The van der Waals surface area contributed by atoms with Crippen molar-refractivity contribution in [3.8, 4) is 21.5 Å². The second kappa shape index (κ2) is 4.89. The standard InChI is InChI=1S/C15H12N4OS2/c1-7-6-8(2)17-15-10(7)11(16)12(22-15)14-18-13(19-20-14)9-4-3-5-21-9/h3-6H,16H2,1-2H3. The maximum absolute atomic E-state index is 6.30. The fraction of sp³-hybridized carbons (Fsp3) is 0.133. The number of nitrogens with two attached hydrogens (primary N) is 1. The lowest BCUT2D eigenvalue weighted by Crippen LogP contribution is -1.89. The molecule has 0 saturated heterocycles. The molecule has 0 amide bonds. The lowest BCUT2D eigenvalue weighted by molar-refractivity contribution is 0.433. The average molecular weight is 328 g/mol. The van der Waals surface area contributed by atoms with Gasteiger partial charge in [0.05, 0.1) is 10.6 Å². The predicted molar refractivity (Wildman–Crippen MR) is 90.1 cm³/mol. The number of pyridine rings is 1. The van der Waals surface area contributed by atoms with E-state index in [0.717, 1.165) is 31.2 Å². The molecule has 0 aliphatic rings.